The van der Waals surface area contributed by atoms with Gasteiger partial charge in [-0.25, -0.2) is 4.39 Å². The summed E-state index contributed by atoms with van der Waals surface area (Å²) in [5, 5.41) is 4.77. The van der Waals surface area contributed by atoms with E-state index in [2.05, 4.69) is 5.32 Å². The van der Waals surface area contributed by atoms with E-state index < -0.39 is 0 Å². The van der Waals surface area contributed by atoms with Gasteiger partial charge in [-0.15, -0.1) is 0 Å². The van der Waals surface area contributed by atoms with E-state index in [0.29, 0.717) is 39.0 Å². The fourth-order valence-corrected chi connectivity index (χ4v) is 3.00. The molecule has 0 radical (unpaired) electrons. The Bertz CT molecular complexity index is 734. The van der Waals surface area contributed by atoms with Crippen LogP contribution in [0.3, 0.4) is 0 Å². The molecule has 0 unspecified atom stereocenters. The molecule has 3 rings (SSSR count). The van der Waals surface area contributed by atoms with E-state index in [4.69, 9.17) is 35.4 Å². The quantitative estimate of drug-likeness (QED) is 0.717. The molecule has 0 aromatic heterocycles. The van der Waals surface area contributed by atoms with Gasteiger partial charge in [0, 0.05) is 23.2 Å². The Balaban J connectivity index is 1.77. The minimum absolute atomic E-state index is 0.221. The molecule has 0 heterocycles. The van der Waals surface area contributed by atoms with Crippen LogP contribution in [0, 0.1) is 5.82 Å². The molecule has 2 nitrogen and oxygen atoms in total. The Morgan fingerprint density at radius 3 is 2.65 bits per heavy atom. The van der Waals surface area contributed by atoms with Gasteiger partial charge in [0.1, 0.15) is 5.82 Å². The molecular formula is C17H15Cl2FN2S. The van der Waals surface area contributed by atoms with Crippen LogP contribution in [-0.4, -0.2) is 16.1 Å². The van der Waals surface area contributed by atoms with Gasteiger partial charge in [0.05, 0.1) is 10.7 Å². The highest BCUT2D eigenvalue weighted by atomic mass is 35.5. The van der Waals surface area contributed by atoms with Crippen molar-refractivity contribution in [1.82, 2.24) is 4.90 Å². The highest BCUT2D eigenvalue weighted by Gasteiger charge is 2.31. The Hall–Kier alpha value is -1.36. The molecule has 120 valence electrons. The van der Waals surface area contributed by atoms with Gasteiger partial charge in [-0.3, -0.25) is 0 Å². The summed E-state index contributed by atoms with van der Waals surface area (Å²) in [7, 11) is 0. The second kappa shape index (κ2) is 7.04. The summed E-state index contributed by atoms with van der Waals surface area (Å²) >= 11 is 17.7. The topological polar surface area (TPSA) is 15.3 Å². The summed E-state index contributed by atoms with van der Waals surface area (Å²) in [6.45, 7) is 0.432. The van der Waals surface area contributed by atoms with Crippen LogP contribution in [0.15, 0.2) is 42.5 Å². The molecule has 23 heavy (non-hydrogen) atoms. The molecule has 1 saturated carbocycles. The lowest BCUT2D eigenvalue weighted by molar-refractivity contribution is 0.400. The van der Waals surface area contributed by atoms with Crippen LogP contribution in [0.1, 0.15) is 18.4 Å². The lowest BCUT2D eigenvalue weighted by Crippen LogP contribution is -2.36. The average molecular weight is 369 g/mol. The minimum Gasteiger partial charge on any atom is -0.342 e. The fraction of sp³-hybridized carbons (Fsp3) is 0.235. The van der Waals surface area contributed by atoms with Crippen molar-refractivity contribution in [3.63, 3.8) is 0 Å². The molecule has 1 aliphatic rings. The summed E-state index contributed by atoms with van der Waals surface area (Å²) in [6, 6.07) is 12.3. The van der Waals surface area contributed by atoms with E-state index in [1.807, 2.05) is 11.0 Å². The molecule has 1 fully saturated rings. The first kappa shape index (κ1) is 16.5. The van der Waals surface area contributed by atoms with Crippen molar-refractivity contribution < 1.29 is 4.39 Å². The third kappa shape index (κ3) is 4.14. The van der Waals surface area contributed by atoms with Gasteiger partial charge < -0.3 is 10.2 Å². The van der Waals surface area contributed by atoms with Crippen molar-refractivity contribution in [3.8, 4) is 0 Å². The first-order valence-corrected chi connectivity index (χ1v) is 8.47. The molecule has 0 aliphatic heterocycles. The number of rotatable bonds is 4. The summed E-state index contributed by atoms with van der Waals surface area (Å²) in [5.74, 6) is -0.221. The van der Waals surface area contributed by atoms with Crippen LogP contribution in [0.4, 0.5) is 10.1 Å². The monoisotopic (exact) mass is 368 g/mol. The van der Waals surface area contributed by atoms with Crippen molar-refractivity contribution in [2.24, 2.45) is 0 Å². The molecule has 6 heteroatoms. The van der Waals surface area contributed by atoms with E-state index >= 15 is 0 Å². The van der Waals surface area contributed by atoms with E-state index in [1.54, 1.807) is 30.3 Å². The zero-order chi connectivity index (χ0) is 16.4. The number of nitrogens with one attached hydrogen (secondary N) is 1. The highest BCUT2D eigenvalue weighted by molar-refractivity contribution is 7.80. The molecule has 0 bridgehead atoms. The van der Waals surface area contributed by atoms with E-state index in [-0.39, 0.29) is 5.82 Å². The average Bonchev–Trinajstić information content (AvgIpc) is 3.34. The zero-order valence-corrected chi connectivity index (χ0v) is 14.6. The third-order valence-corrected chi connectivity index (χ3v) is 4.62. The fourth-order valence-electron chi connectivity index (χ4n) is 2.34. The Morgan fingerprint density at radius 2 is 1.96 bits per heavy atom. The van der Waals surface area contributed by atoms with Gasteiger partial charge >= 0.3 is 0 Å². The summed E-state index contributed by atoms with van der Waals surface area (Å²) in [4.78, 5) is 2.00. The first-order chi connectivity index (χ1) is 11.0. The second-order valence-electron chi connectivity index (χ2n) is 5.50. The summed E-state index contributed by atoms with van der Waals surface area (Å²) < 4.78 is 13.9. The normalized spacial score (nSPS) is 13.7. The Morgan fingerprint density at radius 1 is 1.22 bits per heavy atom. The standard InChI is InChI=1S/C17H15Cl2FN2S/c18-12-5-8-14(19)16(9-12)21-17(23)22(13-6-7-13)10-11-3-1-2-4-15(11)20/h1-5,8-9,13H,6-7,10H2,(H,21,23). The SMILES string of the molecule is Fc1ccccc1CN(C(=S)Nc1cc(Cl)ccc1Cl)C1CC1. The van der Waals surface area contributed by atoms with Crippen molar-refractivity contribution >= 4 is 46.2 Å². The predicted octanol–water partition coefficient (Wildman–Crippen LogP) is 5.49. The lowest BCUT2D eigenvalue weighted by atomic mass is 10.2. The lowest BCUT2D eigenvalue weighted by Gasteiger charge is -2.26. The van der Waals surface area contributed by atoms with E-state index in [0.717, 1.165) is 12.8 Å². The minimum atomic E-state index is -0.221. The number of hydrogen-bond acceptors (Lipinski definition) is 1. The van der Waals surface area contributed by atoms with Crippen LogP contribution in [0.5, 0.6) is 0 Å². The van der Waals surface area contributed by atoms with Gasteiger partial charge in [0.15, 0.2) is 5.11 Å². The molecule has 2 aromatic rings. The maximum Gasteiger partial charge on any atom is 0.174 e. The van der Waals surface area contributed by atoms with Gasteiger partial charge in [-0.2, -0.15) is 0 Å². The van der Waals surface area contributed by atoms with Crippen LogP contribution in [-0.2, 0) is 6.54 Å². The Labute approximate surface area is 150 Å². The largest absolute Gasteiger partial charge is 0.342 e. The van der Waals surface area contributed by atoms with Crippen LogP contribution >= 0.6 is 35.4 Å². The van der Waals surface area contributed by atoms with Gasteiger partial charge in [0.2, 0.25) is 0 Å². The number of hydrogen-bond donors (Lipinski definition) is 1. The zero-order valence-electron chi connectivity index (χ0n) is 12.2. The van der Waals surface area contributed by atoms with E-state index in [9.17, 15) is 4.39 Å². The molecule has 0 spiro atoms. The Kier molecular flexibility index (Phi) is 5.05. The van der Waals surface area contributed by atoms with Crippen molar-refractivity contribution in [1.29, 1.82) is 0 Å². The number of thiocarbonyl (C=S) groups is 1. The van der Waals surface area contributed by atoms with Gasteiger partial charge in [0.25, 0.3) is 0 Å². The van der Waals surface area contributed by atoms with Crippen molar-refractivity contribution in [3.05, 3.63) is 63.9 Å². The molecule has 1 aliphatic carbocycles. The predicted molar refractivity (Wildman–Crippen MR) is 97.6 cm³/mol. The second-order valence-corrected chi connectivity index (χ2v) is 6.74. The maximum atomic E-state index is 13.9. The van der Waals surface area contributed by atoms with Gasteiger partial charge in [-0.1, -0.05) is 41.4 Å². The molecule has 0 saturated heterocycles. The summed E-state index contributed by atoms with van der Waals surface area (Å²) in [6.07, 6.45) is 2.11. The number of halogens is 3. The highest BCUT2D eigenvalue weighted by Crippen LogP contribution is 2.31. The molecular weight excluding hydrogens is 354 g/mol. The van der Waals surface area contributed by atoms with Crippen LogP contribution in [0.2, 0.25) is 10.0 Å². The maximum absolute atomic E-state index is 13.9. The van der Waals surface area contributed by atoms with Gasteiger partial charge in [-0.05, 0) is 49.3 Å². The summed E-state index contributed by atoms with van der Waals surface area (Å²) in [5.41, 5.74) is 1.28. The molecule has 0 atom stereocenters. The van der Waals surface area contributed by atoms with Crippen molar-refractivity contribution in [2.45, 2.75) is 25.4 Å². The number of nitrogens with zero attached hydrogens (tertiary/aromatic N) is 1. The number of anilines is 1. The van der Waals surface area contributed by atoms with E-state index in [1.165, 1.54) is 6.07 Å². The smallest absolute Gasteiger partial charge is 0.174 e. The van der Waals surface area contributed by atoms with Crippen LogP contribution in [0.25, 0.3) is 0 Å². The molecule has 2 aromatic carbocycles. The van der Waals surface area contributed by atoms with Crippen molar-refractivity contribution in [2.75, 3.05) is 5.32 Å². The molecule has 1 N–H and O–H groups in total. The number of benzene rings is 2. The molecule has 0 amide bonds. The van der Waals surface area contributed by atoms with Crippen LogP contribution < -0.4 is 5.32 Å². The third-order valence-electron chi connectivity index (χ3n) is 3.72. The first-order valence-electron chi connectivity index (χ1n) is 7.30.